The van der Waals surface area contributed by atoms with E-state index in [2.05, 4.69) is 0 Å². The first-order valence-electron chi connectivity index (χ1n) is 15.0. The van der Waals surface area contributed by atoms with Crippen molar-refractivity contribution in [3.8, 4) is 11.5 Å². The molecule has 0 spiro atoms. The summed E-state index contributed by atoms with van der Waals surface area (Å²) in [7, 11) is 0. The van der Waals surface area contributed by atoms with Crippen molar-refractivity contribution < 1.29 is 48.3 Å². The van der Waals surface area contributed by atoms with Gasteiger partial charge in [-0.1, -0.05) is 60.7 Å². The van der Waals surface area contributed by atoms with E-state index in [1.165, 1.54) is 0 Å². The van der Waals surface area contributed by atoms with Gasteiger partial charge in [-0.2, -0.15) is 0 Å². The molecule has 3 aromatic carbocycles. The molecule has 1 unspecified atom stereocenters. The second kappa shape index (κ2) is 14.6. The van der Waals surface area contributed by atoms with E-state index in [-0.39, 0.29) is 0 Å². The SMILES string of the molecule is C[C@H]([C@H](CCc1ccccc1)c1ccc(Oc2ccccc2)cc1)N(CC(=O)OC(C)(C)C)C(=O)C1(C(=O)O)OC[C@H](C(=O)O)O1. The van der Waals surface area contributed by atoms with E-state index in [1.54, 1.807) is 39.8 Å². The summed E-state index contributed by atoms with van der Waals surface area (Å²) in [5.74, 6) is -7.45. The van der Waals surface area contributed by atoms with Crippen LogP contribution in [-0.4, -0.2) is 75.6 Å². The predicted octanol–water partition coefficient (Wildman–Crippen LogP) is 5.04. The molecule has 4 atom stereocenters. The fourth-order valence-corrected chi connectivity index (χ4v) is 5.28. The summed E-state index contributed by atoms with van der Waals surface area (Å²) >= 11 is 0. The van der Waals surface area contributed by atoms with Crippen LogP contribution in [0.2, 0.25) is 0 Å². The lowest BCUT2D eigenvalue weighted by Gasteiger charge is -2.38. The lowest BCUT2D eigenvalue weighted by atomic mass is 9.85. The average molecular weight is 634 g/mol. The van der Waals surface area contributed by atoms with Crippen LogP contribution in [0.4, 0.5) is 0 Å². The quantitative estimate of drug-likeness (QED) is 0.194. The maximum Gasteiger partial charge on any atom is 0.375 e. The number of benzene rings is 3. The Morgan fingerprint density at radius 2 is 1.50 bits per heavy atom. The van der Waals surface area contributed by atoms with Gasteiger partial charge in [0.1, 0.15) is 23.6 Å². The molecule has 1 amide bonds. The smallest absolute Gasteiger partial charge is 0.375 e. The van der Waals surface area contributed by atoms with Gasteiger partial charge < -0.3 is 34.1 Å². The molecule has 1 aliphatic rings. The number of carbonyl (C=O) groups is 4. The van der Waals surface area contributed by atoms with Crippen molar-refractivity contribution in [2.75, 3.05) is 13.2 Å². The van der Waals surface area contributed by atoms with Gasteiger partial charge in [0, 0.05) is 12.0 Å². The molecular formula is C35H39NO10. The molecule has 0 aliphatic carbocycles. The fraction of sp³-hybridized carbons (Fsp3) is 0.371. The van der Waals surface area contributed by atoms with E-state index in [4.69, 9.17) is 18.9 Å². The number of carbonyl (C=O) groups excluding carboxylic acids is 2. The number of hydrogen-bond donors (Lipinski definition) is 2. The standard InChI is InChI=1S/C35H39NO10/c1-23(36(21-30(37)46-34(2,3)4)32(40)35(33(41)42)43-22-29(45-35)31(38)39)28(20-15-24-11-7-5-8-12-24)25-16-18-27(19-17-25)44-26-13-9-6-10-14-26/h5-14,16-19,23,28-29H,15,20-22H2,1-4H3,(H,38,39)(H,41,42)/t23-,28+,29-,35?/m1/s1. The van der Waals surface area contributed by atoms with Crippen molar-refractivity contribution in [1.29, 1.82) is 0 Å². The molecule has 1 saturated heterocycles. The number of aliphatic carboxylic acids is 2. The van der Waals surface area contributed by atoms with Gasteiger partial charge in [-0.3, -0.25) is 9.59 Å². The minimum atomic E-state index is -2.96. The topological polar surface area (TPSA) is 149 Å². The van der Waals surface area contributed by atoms with Gasteiger partial charge in [-0.25, -0.2) is 9.59 Å². The maximum absolute atomic E-state index is 14.2. The van der Waals surface area contributed by atoms with Crippen LogP contribution in [0.15, 0.2) is 84.9 Å². The minimum Gasteiger partial charge on any atom is -0.479 e. The van der Waals surface area contributed by atoms with Crippen molar-refractivity contribution in [2.45, 2.75) is 70.0 Å². The first-order valence-corrected chi connectivity index (χ1v) is 15.0. The Bertz CT molecular complexity index is 1500. The highest BCUT2D eigenvalue weighted by Crippen LogP contribution is 2.35. The first-order chi connectivity index (χ1) is 21.8. The van der Waals surface area contributed by atoms with Gasteiger partial charge in [-0.15, -0.1) is 0 Å². The predicted molar refractivity (Wildman–Crippen MR) is 166 cm³/mol. The van der Waals surface area contributed by atoms with Crippen LogP contribution < -0.4 is 4.74 Å². The van der Waals surface area contributed by atoms with Gasteiger partial charge in [-0.05, 0) is 75.9 Å². The number of para-hydroxylation sites is 1. The number of aryl methyl sites for hydroxylation is 1. The van der Waals surface area contributed by atoms with Crippen molar-refractivity contribution in [3.63, 3.8) is 0 Å². The number of amides is 1. The van der Waals surface area contributed by atoms with Crippen LogP contribution in [0.3, 0.4) is 0 Å². The molecule has 244 valence electrons. The number of carboxylic acids is 2. The molecule has 1 aliphatic heterocycles. The number of nitrogens with zero attached hydrogens (tertiary/aromatic N) is 1. The summed E-state index contributed by atoms with van der Waals surface area (Å²) in [6.45, 7) is 5.41. The molecule has 11 nitrogen and oxygen atoms in total. The van der Waals surface area contributed by atoms with Gasteiger partial charge in [0.15, 0.2) is 6.10 Å². The van der Waals surface area contributed by atoms with Crippen LogP contribution in [-0.2, 0) is 39.8 Å². The molecule has 1 fully saturated rings. The Morgan fingerprint density at radius 1 is 0.913 bits per heavy atom. The van der Waals surface area contributed by atoms with Crippen molar-refractivity contribution >= 4 is 23.8 Å². The Balaban J connectivity index is 1.71. The highest BCUT2D eigenvalue weighted by molar-refractivity contribution is 6.05. The lowest BCUT2D eigenvalue weighted by Crippen LogP contribution is -2.59. The van der Waals surface area contributed by atoms with Crippen LogP contribution >= 0.6 is 0 Å². The highest BCUT2D eigenvalue weighted by Gasteiger charge is 2.60. The Hall–Kier alpha value is -4.74. The molecule has 0 bridgehead atoms. The number of hydrogen-bond acceptors (Lipinski definition) is 8. The van der Waals surface area contributed by atoms with E-state index in [0.717, 1.165) is 16.0 Å². The third-order valence-electron chi connectivity index (χ3n) is 7.51. The van der Waals surface area contributed by atoms with Gasteiger partial charge >= 0.3 is 23.7 Å². The second-order valence-corrected chi connectivity index (χ2v) is 12.1. The molecule has 1 heterocycles. The van der Waals surface area contributed by atoms with E-state index >= 15 is 0 Å². The molecule has 0 radical (unpaired) electrons. The third kappa shape index (κ3) is 8.49. The Kier molecular flexibility index (Phi) is 10.8. The molecular weight excluding hydrogens is 594 g/mol. The molecule has 11 heteroatoms. The number of rotatable bonds is 13. The molecule has 0 saturated carbocycles. The van der Waals surface area contributed by atoms with E-state index in [9.17, 15) is 29.4 Å². The van der Waals surface area contributed by atoms with Crippen molar-refractivity contribution in [2.24, 2.45) is 0 Å². The molecule has 46 heavy (non-hydrogen) atoms. The summed E-state index contributed by atoms with van der Waals surface area (Å²) in [5.41, 5.74) is 0.949. The number of carboxylic acid groups (broad SMARTS) is 2. The van der Waals surface area contributed by atoms with Gasteiger partial charge in [0.05, 0.1) is 6.61 Å². The largest absolute Gasteiger partial charge is 0.479 e. The fourth-order valence-electron chi connectivity index (χ4n) is 5.28. The van der Waals surface area contributed by atoms with Crippen LogP contribution in [0.5, 0.6) is 11.5 Å². The Morgan fingerprint density at radius 3 is 2.04 bits per heavy atom. The van der Waals surface area contributed by atoms with Crippen molar-refractivity contribution in [3.05, 3.63) is 96.1 Å². The summed E-state index contributed by atoms with van der Waals surface area (Å²) < 4.78 is 22.0. The summed E-state index contributed by atoms with van der Waals surface area (Å²) in [5, 5.41) is 19.6. The minimum absolute atomic E-state index is 0.431. The summed E-state index contributed by atoms with van der Waals surface area (Å²) in [4.78, 5) is 52.5. The third-order valence-corrected chi connectivity index (χ3v) is 7.51. The molecule has 3 aromatic rings. The Labute approximate surface area is 267 Å². The first kappa shape index (κ1) is 34.1. The second-order valence-electron chi connectivity index (χ2n) is 12.1. The van der Waals surface area contributed by atoms with E-state index in [1.807, 2.05) is 72.8 Å². The van der Waals surface area contributed by atoms with Crippen LogP contribution in [0.25, 0.3) is 0 Å². The summed E-state index contributed by atoms with van der Waals surface area (Å²) in [6.07, 6.45) is -0.586. The van der Waals surface area contributed by atoms with Gasteiger partial charge in [0.2, 0.25) is 0 Å². The summed E-state index contributed by atoms with van der Waals surface area (Å²) in [6, 6.07) is 25.5. The van der Waals surface area contributed by atoms with Gasteiger partial charge in [0.25, 0.3) is 5.91 Å². The average Bonchev–Trinajstić information content (AvgIpc) is 3.48. The molecule has 2 N–H and O–H groups in total. The maximum atomic E-state index is 14.2. The van der Waals surface area contributed by atoms with E-state index < -0.39 is 66.4 Å². The van der Waals surface area contributed by atoms with E-state index in [0.29, 0.717) is 24.3 Å². The van der Waals surface area contributed by atoms with Crippen molar-refractivity contribution in [1.82, 2.24) is 4.90 Å². The zero-order chi connectivity index (χ0) is 33.5. The number of ether oxygens (including phenoxy) is 4. The monoisotopic (exact) mass is 633 g/mol. The van der Waals surface area contributed by atoms with Crippen LogP contribution in [0, 0.1) is 0 Å². The van der Waals surface area contributed by atoms with Crippen LogP contribution in [0.1, 0.15) is 51.2 Å². The number of esters is 1. The lowest BCUT2D eigenvalue weighted by molar-refractivity contribution is -0.216. The zero-order valence-electron chi connectivity index (χ0n) is 26.3. The zero-order valence-corrected chi connectivity index (χ0v) is 26.3. The molecule has 0 aromatic heterocycles. The highest BCUT2D eigenvalue weighted by atomic mass is 16.8. The normalized spacial score (nSPS) is 19.1. The molecule has 4 rings (SSSR count).